The van der Waals surface area contributed by atoms with Crippen LogP contribution in [0.5, 0.6) is 0 Å². The van der Waals surface area contributed by atoms with Crippen LogP contribution in [-0.2, 0) is 6.42 Å². The number of anilines is 2. The topological polar surface area (TPSA) is 50.9 Å². The predicted octanol–water partition coefficient (Wildman–Crippen LogP) is 3.61. The van der Waals surface area contributed by atoms with Crippen LogP contribution in [0, 0.1) is 5.82 Å². The van der Waals surface area contributed by atoms with Crippen molar-refractivity contribution in [1.82, 2.24) is 4.98 Å². The minimum Gasteiger partial charge on any atom is -0.397 e. The van der Waals surface area contributed by atoms with E-state index in [1.54, 1.807) is 24.5 Å². The van der Waals surface area contributed by atoms with Crippen LogP contribution >= 0.6 is 0 Å². The molecule has 0 unspecified atom stereocenters. The van der Waals surface area contributed by atoms with Crippen molar-refractivity contribution in [2.75, 3.05) is 17.6 Å². The molecule has 0 aliphatic rings. The fourth-order valence-electron chi connectivity index (χ4n) is 2.38. The van der Waals surface area contributed by atoms with Crippen molar-refractivity contribution in [2.24, 2.45) is 0 Å². The largest absolute Gasteiger partial charge is 0.397 e. The Bertz CT molecular complexity index is 771. The summed E-state index contributed by atoms with van der Waals surface area (Å²) in [6.07, 6.45) is 4.27. The number of benzene rings is 2. The van der Waals surface area contributed by atoms with Gasteiger partial charge in [-0.15, -0.1) is 0 Å². The van der Waals surface area contributed by atoms with Crippen LogP contribution < -0.4 is 11.1 Å². The third-order valence-corrected chi connectivity index (χ3v) is 3.48. The van der Waals surface area contributed by atoms with Gasteiger partial charge in [-0.1, -0.05) is 18.2 Å². The normalized spacial score (nSPS) is 10.7. The highest BCUT2D eigenvalue weighted by Gasteiger charge is 2.04. The summed E-state index contributed by atoms with van der Waals surface area (Å²) in [4.78, 5) is 4.08. The molecule has 1 aromatic heterocycles. The number of nitrogen functional groups attached to an aromatic ring is 1. The molecule has 21 heavy (non-hydrogen) atoms. The van der Waals surface area contributed by atoms with Gasteiger partial charge in [0.25, 0.3) is 0 Å². The molecule has 3 aromatic rings. The van der Waals surface area contributed by atoms with Gasteiger partial charge in [-0.2, -0.15) is 0 Å². The van der Waals surface area contributed by atoms with Crippen molar-refractivity contribution >= 4 is 22.1 Å². The van der Waals surface area contributed by atoms with Crippen molar-refractivity contribution in [2.45, 2.75) is 6.42 Å². The number of pyridine rings is 1. The Morgan fingerprint density at radius 3 is 2.90 bits per heavy atom. The zero-order valence-corrected chi connectivity index (χ0v) is 11.5. The van der Waals surface area contributed by atoms with Gasteiger partial charge < -0.3 is 11.1 Å². The Hall–Kier alpha value is -2.62. The summed E-state index contributed by atoms with van der Waals surface area (Å²) >= 11 is 0. The highest BCUT2D eigenvalue weighted by Crippen LogP contribution is 2.27. The molecule has 3 rings (SSSR count). The second-order valence-corrected chi connectivity index (χ2v) is 4.93. The molecule has 0 bridgehead atoms. The average Bonchev–Trinajstić information content (AvgIpc) is 2.50. The summed E-state index contributed by atoms with van der Waals surface area (Å²) in [6, 6.07) is 12.5. The summed E-state index contributed by atoms with van der Waals surface area (Å²) < 4.78 is 13.1. The SMILES string of the molecule is Nc1c(NCCc2cccc(F)c2)ccc2cnccc12. The van der Waals surface area contributed by atoms with Gasteiger partial charge in [0.05, 0.1) is 11.4 Å². The van der Waals surface area contributed by atoms with Crippen molar-refractivity contribution in [3.63, 3.8) is 0 Å². The third kappa shape index (κ3) is 2.94. The summed E-state index contributed by atoms with van der Waals surface area (Å²) in [5.74, 6) is -0.204. The van der Waals surface area contributed by atoms with E-state index < -0.39 is 0 Å². The molecule has 1 heterocycles. The predicted molar refractivity (Wildman–Crippen MR) is 84.7 cm³/mol. The molecule has 3 nitrogen and oxygen atoms in total. The molecule has 4 heteroatoms. The average molecular weight is 281 g/mol. The minimum atomic E-state index is -0.204. The molecule has 0 atom stereocenters. The fourth-order valence-corrected chi connectivity index (χ4v) is 2.38. The van der Waals surface area contributed by atoms with Crippen LogP contribution in [0.3, 0.4) is 0 Å². The summed E-state index contributed by atoms with van der Waals surface area (Å²) in [5.41, 5.74) is 8.75. The fraction of sp³-hybridized carbons (Fsp3) is 0.118. The first-order chi connectivity index (χ1) is 10.2. The molecule has 0 fully saturated rings. The van der Waals surface area contributed by atoms with Crippen molar-refractivity contribution in [3.8, 4) is 0 Å². The first kappa shape index (κ1) is 13.4. The van der Waals surface area contributed by atoms with Crippen LogP contribution in [0.4, 0.5) is 15.8 Å². The smallest absolute Gasteiger partial charge is 0.123 e. The minimum absolute atomic E-state index is 0.204. The lowest BCUT2D eigenvalue weighted by Gasteiger charge is -2.11. The number of rotatable bonds is 4. The highest BCUT2D eigenvalue weighted by molar-refractivity contribution is 5.98. The van der Waals surface area contributed by atoms with Gasteiger partial charge in [0, 0.05) is 29.7 Å². The maximum Gasteiger partial charge on any atom is 0.123 e. The molecule has 0 amide bonds. The molecule has 2 aromatic carbocycles. The van der Waals surface area contributed by atoms with Crippen LogP contribution in [0.25, 0.3) is 10.8 Å². The number of nitrogens with one attached hydrogen (secondary N) is 1. The number of nitrogens with two attached hydrogens (primary N) is 1. The van der Waals surface area contributed by atoms with E-state index in [9.17, 15) is 4.39 Å². The molecule has 106 valence electrons. The maximum absolute atomic E-state index is 13.1. The Kier molecular flexibility index (Phi) is 3.69. The van der Waals surface area contributed by atoms with Crippen LogP contribution in [0.15, 0.2) is 54.9 Å². The highest BCUT2D eigenvalue weighted by atomic mass is 19.1. The third-order valence-electron chi connectivity index (χ3n) is 3.48. The number of halogens is 1. The van der Waals surface area contributed by atoms with Gasteiger partial charge in [0.2, 0.25) is 0 Å². The summed E-state index contributed by atoms with van der Waals surface area (Å²) in [7, 11) is 0. The van der Waals surface area contributed by atoms with E-state index in [2.05, 4.69) is 10.3 Å². The van der Waals surface area contributed by atoms with E-state index in [0.29, 0.717) is 12.2 Å². The maximum atomic E-state index is 13.1. The lowest BCUT2D eigenvalue weighted by atomic mass is 10.1. The molecule has 3 N–H and O–H groups in total. The van der Waals surface area contributed by atoms with E-state index in [0.717, 1.165) is 28.4 Å². The summed E-state index contributed by atoms with van der Waals surface area (Å²) in [5, 5.41) is 5.31. The number of fused-ring (bicyclic) bond motifs is 1. The number of nitrogens with zero attached hydrogens (tertiary/aromatic N) is 1. The Morgan fingerprint density at radius 1 is 1.14 bits per heavy atom. The van der Waals surface area contributed by atoms with Gasteiger partial charge in [0.1, 0.15) is 5.82 Å². The van der Waals surface area contributed by atoms with Gasteiger partial charge in [-0.3, -0.25) is 4.98 Å². The first-order valence-electron chi connectivity index (χ1n) is 6.84. The van der Waals surface area contributed by atoms with Gasteiger partial charge >= 0.3 is 0 Å². The van der Waals surface area contributed by atoms with Crippen molar-refractivity contribution in [3.05, 3.63) is 66.2 Å². The Labute approximate surface area is 122 Å². The molecule has 0 aliphatic carbocycles. The van der Waals surface area contributed by atoms with Gasteiger partial charge in [0.15, 0.2) is 0 Å². The standard InChI is InChI=1S/C17H16FN3/c18-14-3-1-2-12(10-14)6-9-21-16-5-4-13-11-20-8-7-15(13)17(16)19/h1-5,7-8,10-11,21H,6,9,19H2. The van der Waals surface area contributed by atoms with Crippen molar-refractivity contribution in [1.29, 1.82) is 0 Å². The van der Waals surface area contributed by atoms with Crippen LogP contribution in [0.1, 0.15) is 5.56 Å². The summed E-state index contributed by atoms with van der Waals surface area (Å²) in [6.45, 7) is 0.699. The molecule has 0 spiro atoms. The molecular weight excluding hydrogens is 265 g/mol. The van der Waals surface area contributed by atoms with Gasteiger partial charge in [-0.05, 0) is 36.2 Å². The lowest BCUT2D eigenvalue weighted by molar-refractivity contribution is 0.625. The second-order valence-electron chi connectivity index (χ2n) is 4.93. The van der Waals surface area contributed by atoms with Crippen LogP contribution in [0.2, 0.25) is 0 Å². The zero-order chi connectivity index (χ0) is 14.7. The first-order valence-corrected chi connectivity index (χ1v) is 6.84. The number of hydrogen-bond donors (Lipinski definition) is 2. The monoisotopic (exact) mass is 281 g/mol. The van der Waals surface area contributed by atoms with E-state index >= 15 is 0 Å². The number of hydrogen-bond acceptors (Lipinski definition) is 3. The Balaban J connectivity index is 1.72. The van der Waals surface area contributed by atoms with Crippen LogP contribution in [-0.4, -0.2) is 11.5 Å². The zero-order valence-electron chi connectivity index (χ0n) is 11.5. The Morgan fingerprint density at radius 2 is 2.05 bits per heavy atom. The molecule has 0 aliphatic heterocycles. The van der Waals surface area contributed by atoms with E-state index in [-0.39, 0.29) is 5.82 Å². The molecule has 0 saturated carbocycles. The second kappa shape index (κ2) is 5.79. The lowest BCUT2D eigenvalue weighted by Crippen LogP contribution is -2.07. The number of aromatic nitrogens is 1. The van der Waals surface area contributed by atoms with Crippen molar-refractivity contribution < 1.29 is 4.39 Å². The molecule has 0 saturated heterocycles. The molecule has 0 radical (unpaired) electrons. The van der Waals surface area contributed by atoms with E-state index in [1.165, 1.54) is 6.07 Å². The van der Waals surface area contributed by atoms with E-state index in [1.807, 2.05) is 24.3 Å². The molecular formula is C17H16FN3. The van der Waals surface area contributed by atoms with Gasteiger partial charge in [-0.25, -0.2) is 4.39 Å². The van der Waals surface area contributed by atoms with E-state index in [4.69, 9.17) is 5.73 Å². The quantitative estimate of drug-likeness (QED) is 0.718.